The number of benzene rings is 6. The number of halogens is 2. The molecule has 6 aromatic carbocycles. The molecule has 4 heteroatoms. The molecule has 2 nitrogen and oxygen atoms in total. The summed E-state index contributed by atoms with van der Waals surface area (Å²) in [5, 5.41) is 5.06. The Bertz CT molecular complexity index is 2270. The van der Waals surface area contributed by atoms with Gasteiger partial charge in [0, 0.05) is 65.6 Å². The largest absolute Gasteiger partial charge is 0.341 e. The van der Waals surface area contributed by atoms with Crippen molar-refractivity contribution in [1.82, 2.24) is 9.13 Å². The summed E-state index contributed by atoms with van der Waals surface area (Å²) < 4.78 is 7.02. The molecule has 0 radical (unpaired) electrons. The van der Waals surface area contributed by atoms with Crippen molar-refractivity contribution in [3.63, 3.8) is 0 Å². The standard InChI is InChI=1S/C42H32Br2N2/c1-3-45-37-19-15-29(23-33(37)35-25-31(43)17-21-39(35)45)41(27-11-7-5-8-12-27)42(28-13-9-6-10-14-28)30-16-20-38-34(24-30)36-26-32(44)18-22-40(36)46(38)4-2/h5-26H,3-4H2,1-2H3/b42-41+. The van der Waals surface area contributed by atoms with E-state index < -0.39 is 0 Å². The lowest BCUT2D eigenvalue weighted by Crippen LogP contribution is -1.98. The van der Waals surface area contributed by atoms with Gasteiger partial charge in [0.1, 0.15) is 0 Å². The molecule has 0 bridgehead atoms. The lowest BCUT2D eigenvalue weighted by Gasteiger charge is -2.19. The SMILES string of the molecule is CCn1c2ccc(Br)cc2c2cc(/C(=C(\c3ccccc3)c3ccc4c(c3)c3cc(Br)ccc3n4CC)c3ccccc3)ccc21. The van der Waals surface area contributed by atoms with Crippen LogP contribution in [0.3, 0.4) is 0 Å². The van der Waals surface area contributed by atoms with Gasteiger partial charge < -0.3 is 9.13 Å². The molecule has 0 amide bonds. The maximum absolute atomic E-state index is 3.74. The number of hydrogen-bond donors (Lipinski definition) is 0. The first kappa shape index (κ1) is 29.1. The van der Waals surface area contributed by atoms with Gasteiger partial charge in [-0.25, -0.2) is 0 Å². The van der Waals surface area contributed by atoms with Gasteiger partial charge in [-0.05, 0) is 108 Å². The first-order chi connectivity index (χ1) is 22.6. The Morgan fingerprint density at radius 1 is 0.413 bits per heavy atom. The van der Waals surface area contributed by atoms with Crippen molar-refractivity contribution in [1.29, 1.82) is 0 Å². The summed E-state index contributed by atoms with van der Waals surface area (Å²) >= 11 is 7.49. The Morgan fingerprint density at radius 2 is 0.761 bits per heavy atom. The lowest BCUT2D eigenvalue weighted by atomic mass is 9.85. The minimum atomic E-state index is 0.916. The van der Waals surface area contributed by atoms with Crippen LogP contribution in [0.15, 0.2) is 142 Å². The highest BCUT2D eigenvalue weighted by molar-refractivity contribution is 9.10. The number of fused-ring (bicyclic) bond motifs is 6. The van der Waals surface area contributed by atoms with Crippen LogP contribution in [0.1, 0.15) is 36.1 Å². The average Bonchev–Trinajstić information content (AvgIpc) is 3.58. The molecule has 0 aliphatic carbocycles. The van der Waals surface area contributed by atoms with Gasteiger partial charge in [0.2, 0.25) is 0 Å². The summed E-state index contributed by atoms with van der Waals surface area (Å²) in [5.74, 6) is 0. The molecular weight excluding hydrogens is 692 g/mol. The molecule has 2 heterocycles. The predicted octanol–water partition coefficient (Wildman–Crippen LogP) is 12.5. The van der Waals surface area contributed by atoms with Gasteiger partial charge in [0.25, 0.3) is 0 Å². The second-order valence-corrected chi connectivity index (χ2v) is 13.6. The third-order valence-electron chi connectivity index (χ3n) is 9.24. The smallest absolute Gasteiger partial charge is 0.0492 e. The van der Waals surface area contributed by atoms with E-state index in [1.165, 1.54) is 77.0 Å². The zero-order chi connectivity index (χ0) is 31.4. The molecule has 2 aromatic heterocycles. The van der Waals surface area contributed by atoms with Gasteiger partial charge in [-0.2, -0.15) is 0 Å². The number of aryl methyl sites for hydroxylation is 2. The molecule has 8 aromatic rings. The molecule has 0 spiro atoms. The van der Waals surface area contributed by atoms with E-state index in [-0.39, 0.29) is 0 Å². The first-order valence-electron chi connectivity index (χ1n) is 15.8. The summed E-state index contributed by atoms with van der Waals surface area (Å²) in [6.07, 6.45) is 0. The third kappa shape index (κ3) is 4.74. The fraction of sp³-hybridized carbons (Fsp3) is 0.0952. The van der Waals surface area contributed by atoms with E-state index in [9.17, 15) is 0 Å². The Balaban J connectivity index is 1.49. The normalized spacial score (nSPS) is 12.4. The van der Waals surface area contributed by atoms with Crippen molar-refractivity contribution in [2.24, 2.45) is 0 Å². The molecule has 46 heavy (non-hydrogen) atoms. The van der Waals surface area contributed by atoms with E-state index in [4.69, 9.17) is 0 Å². The zero-order valence-electron chi connectivity index (χ0n) is 25.8. The van der Waals surface area contributed by atoms with Gasteiger partial charge in [-0.15, -0.1) is 0 Å². The molecule has 0 saturated carbocycles. The molecule has 0 unspecified atom stereocenters. The molecule has 8 rings (SSSR count). The van der Waals surface area contributed by atoms with Crippen LogP contribution in [0, 0.1) is 0 Å². The molecule has 0 aliphatic rings. The van der Waals surface area contributed by atoms with Crippen LogP contribution in [-0.4, -0.2) is 9.13 Å². The Hall–Kier alpha value is -4.38. The minimum absolute atomic E-state index is 0.916. The molecule has 0 fully saturated rings. The lowest BCUT2D eigenvalue weighted by molar-refractivity contribution is 0.827. The summed E-state index contributed by atoms with van der Waals surface area (Å²) in [7, 11) is 0. The van der Waals surface area contributed by atoms with Gasteiger partial charge >= 0.3 is 0 Å². The Labute approximate surface area is 285 Å². The highest BCUT2D eigenvalue weighted by atomic mass is 79.9. The number of hydrogen-bond acceptors (Lipinski definition) is 0. The first-order valence-corrected chi connectivity index (χ1v) is 17.4. The molecule has 224 valence electrons. The van der Waals surface area contributed by atoms with Crippen LogP contribution in [0.5, 0.6) is 0 Å². The molecule has 0 atom stereocenters. The van der Waals surface area contributed by atoms with Gasteiger partial charge in [-0.1, -0.05) is 105 Å². The highest BCUT2D eigenvalue weighted by Gasteiger charge is 2.20. The second kappa shape index (κ2) is 11.8. The van der Waals surface area contributed by atoms with E-state index in [0.717, 1.165) is 22.0 Å². The zero-order valence-corrected chi connectivity index (χ0v) is 28.9. The van der Waals surface area contributed by atoms with Crippen molar-refractivity contribution < 1.29 is 0 Å². The molecule has 0 aliphatic heterocycles. The van der Waals surface area contributed by atoms with Crippen LogP contribution < -0.4 is 0 Å². The third-order valence-corrected chi connectivity index (χ3v) is 10.2. The fourth-order valence-electron chi connectivity index (χ4n) is 7.27. The number of rotatable bonds is 6. The summed E-state index contributed by atoms with van der Waals surface area (Å²) in [6.45, 7) is 6.28. The second-order valence-electron chi connectivity index (χ2n) is 11.8. The van der Waals surface area contributed by atoms with Crippen molar-refractivity contribution in [2.45, 2.75) is 26.9 Å². The van der Waals surface area contributed by atoms with E-state index in [1.807, 2.05) is 0 Å². The van der Waals surface area contributed by atoms with Crippen molar-refractivity contribution in [3.05, 3.63) is 165 Å². The Morgan fingerprint density at radius 3 is 1.13 bits per heavy atom. The van der Waals surface area contributed by atoms with E-state index >= 15 is 0 Å². The molecule has 0 N–H and O–H groups in total. The highest BCUT2D eigenvalue weighted by Crippen LogP contribution is 2.41. The van der Waals surface area contributed by atoms with Crippen molar-refractivity contribution >= 4 is 86.6 Å². The maximum Gasteiger partial charge on any atom is 0.0492 e. The van der Waals surface area contributed by atoms with Crippen LogP contribution in [0.25, 0.3) is 54.8 Å². The van der Waals surface area contributed by atoms with Crippen molar-refractivity contribution in [2.75, 3.05) is 0 Å². The van der Waals surface area contributed by atoms with Crippen molar-refractivity contribution in [3.8, 4) is 0 Å². The van der Waals surface area contributed by atoms with E-state index in [0.29, 0.717) is 0 Å². The quantitative estimate of drug-likeness (QED) is 0.151. The van der Waals surface area contributed by atoms with Crippen LogP contribution >= 0.6 is 31.9 Å². The summed E-state index contributed by atoms with van der Waals surface area (Å²) in [4.78, 5) is 0. The maximum atomic E-state index is 3.74. The van der Waals surface area contributed by atoms with Crippen LogP contribution in [0.2, 0.25) is 0 Å². The molecular formula is C42H32Br2N2. The predicted molar refractivity (Wildman–Crippen MR) is 204 cm³/mol. The number of aromatic nitrogens is 2. The monoisotopic (exact) mass is 722 g/mol. The minimum Gasteiger partial charge on any atom is -0.341 e. The average molecular weight is 725 g/mol. The van der Waals surface area contributed by atoms with Crippen LogP contribution in [0.4, 0.5) is 0 Å². The Kier molecular flexibility index (Phi) is 7.43. The number of nitrogens with zero attached hydrogens (tertiary/aromatic N) is 2. The van der Waals surface area contributed by atoms with E-state index in [2.05, 4.69) is 188 Å². The van der Waals surface area contributed by atoms with Gasteiger partial charge in [0.05, 0.1) is 0 Å². The fourth-order valence-corrected chi connectivity index (χ4v) is 7.99. The van der Waals surface area contributed by atoms with Gasteiger partial charge in [-0.3, -0.25) is 0 Å². The molecule has 0 saturated heterocycles. The van der Waals surface area contributed by atoms with E-state index in [1.54, 1.807) is 0 Å². The van der Waals surface area contributed by atoms with Gasteiger partial charge in [0.15, 0.2) is 0 Å². The summed E-state index contributed by atoms with van der Waals surface area (Å²) in [5.41, 5.74) is 12.3. The van der Waals surface area contributed by atoms with Crippen LogP contribution in [-0.2, 0) is 13.1 Å². The summed E-state index contributed by atoms with van der Waals surface area (Å²) in [6, 6.07) is 49.0. The topological polar surface area (TPSA) is 9.86 Å².